The van der Waals surface area contributed by atoms with Crippen LogP contribution in [0.5, 0.6) is 0 Å². The van der Waals surface area contributed by atoms with Crippen molar-refractivity contribution in [3.63, 3.8) is 0 Å². The summed E-state index contributed by atoms with van der Waals surface area (Å²) in [5.41, 5.74) is 0.551. The van der Waals surface area contributed by atoms with Crippen LogP contribution in [-0.2, 0) is 26.0 Å². The normalized spacial score (nSPS) is 12.9. The number of nitrogens with one attached hydrogen (secondary N) is 1. The summed E-state index contributed by atoms with van der Waals surface area (Å²) >= 11 is 5.86. The van der Waals surface area contributed by atoms with Crippen LogP contribution in [-0.4, -0.2) is 61.2 Å². The maximum absolute atomic E-state index is 13.2. The molecule has 0 saturated heterocycles. The largest absolute Gasteiger partial charge is 0.350 e. The molecule has 1 N–H and O–H groups in total. The number of rotatable bonds is 9. The van der Waals surface area contributed by atoms with Gasteiger partial charge in [0.1, 0.15) is 6.04 Å². The fraction of sp³-hybridized carbons (Fsp3) is 0.417. The van der Waals surface area contributed by atoms with Crippen LogP contribution < -0.4 is 5.32 Å². The average Bonchev–Trinajstić information content (AvgIpc) is 2.73. The van der Waals surface area contributed by atoms with E-state index in [2.05, 4.69) is 5.32 Å². The summed E-state index contributed by atoms with van der Waals surface area (Å²) in [6.07, 6.45) is 0.535. The third-order valence-corrected chi connectivity index (χ3v) is 7.10. The molecule has 2 amide bonds. The molecule has 33 heavy (non-hydrogen) atoms. The number of nitrogens with zero attached hydrogens (tertiary/aromatic N) is 2. The molecule has 0 aliphatic carbocycles. The van der Waals surface area contributed by atoms with Crippen molar-refractivity contribution >= 4 is 33.4 Å². The molecule has 0 aromatic heterocycles. The van der Waals surface area contributed by atoms with Crippen molar-refractivity contribution in [2.45, 2.75) is 50.6 Å². The zero-order chi connectivity index (χ0) is 24.8. The number of likely N-dealkylation sites (N-methyl/N-ethyl adjacent to an activating group) is 1. The average molecular weight is 494 g/mol. The van der Waals surface area contributed by atoms with E-state index in [1.807, 2.05) is 51.1 Å². The van der Waals surface area contributed by atoms with Gasteiger partial charge in [-0.3, -0.25) is 9.59 Å². The Labute approximate surface area is 201 Å². The standard InChI is InChI=1S/C24H32ClN3O4S/c1-18(23(30)26-24(2,3)4)28(16-15-19-9-7-6-8-10-19)22(29)17-27(5)33(31,32)21-13-11-20(25)12-14-21/h6-14,18H,15-17H2,1-5H3,(H,26,30)/t18-/m1/s1. The zero-order valence-electron chi connectivity index (χ0n) is 19.7. The number of hydrogen-bond acceptors (Lipinski definition) is 4. The number of amides is 2. The van der Waals surface area contributed by atoms with Crippen molar-refractivity contribution in [2.24, 2.45) is 0 Å². The lowest BCUT2D eigenvalue weighted by Gasteiger charge is -2.32. The lowest BCUT2D eigenvalue weighted by molar-refractivity contribution is -0.140. The molecular formula is C24H32ClN3O4S. The summed E-state index contributed by atoms with van der Waals surface area (Å²) in [6.45, 7) is 7.11. The molecule has 0 bridgehead atoms. The summed E-state index contributed by atoms with van der Waals surface area (Å²) in [5.74, 6) is -0.755. The Morgan fingerprint density at radius 3 is 2.15 bits per heavy atom. The Hall–Kier alpha value is -2.42. The molecule has 2 aromatic rings. The van der Waals surface area contributed by atoms with Gasteiger partial charge < -0.3 is 10.2 Å². The Kier molecular flexibility index (Phi) is 9.05. The number of carbonyl (C=O) groups excluding carboxylic acids is 2. The van der Waals surface area contributed by atoms with E-state index in [-0.39, 0.29) is 17.3 Å². The van der Waals surface area contributed by atoms with Crippen molar-refractivity contribution in [3.05, 3.63) is 65.2 Å². The molecule has 0 aliphatic heterocycles. The Morgan fingerprint density at radius 1 is 1.03 bits per heavy atom. The fourth-order valence-corrected chi connectivity index (χ4v) is 4.44. The quantitative estimate of drug-likeness (QED) is 0.580. The van der Waals surface area contributed by atoms with Gasteiger partial charge in [-0.15, -0.1) is 0 Å². The van der Waals surface area contributed by atoms with Gasteiger partial charge in [-0.25, -0.2) is 8.42 Å². The third-order valence-electron chi connectivity index (χ3n) is 5.03. The van der Waals surface area contributed by atoms with Crippen LogP contribution in [0, 0.1) is 0 Å². The number of sulfonamides is 1. The summed E-state index contributed by atoms with van der Waals surface area (Å²) in [7, 11) is -2.56. The van der Waals surface area contributed by atoms with E-state index in [1.165, 1.54) is 36.2 Å². The minimum absolute atomic E-state index is 0.0385. The van der Waals surface area contributed by atoms with Gasteiger partial charge in [-0.05, 0) is 63.9 Å². The first-order chi connectivity index (χ1) is 15.3. The highest BCUT2D eigenvalue weighted by Gasteiger charge is 2.31. The van der Waals surface area contributed by atoms with Gasteiger partial charge in [-0.2, -0.15) is 4.31 Å². The van der Waals surface area contributed by atoms with Crippen molar-refractivity contribution < 1.29 is 18.0 Å². The Bertz CT molecular complexity index is 1050. The smallest absolute Gasteiger partial charge is 0.243 e. The minimum Gasteiger partial charge on any atom is -0.350 e. The predicted octanol–water partition coefficient (Wildman–Crippen LogP) is 3.34. The van der Waals surface area contributed by atoms with Crippen LogP contribution in [0.4, 0.5) is 0 Å². The Morgan fingerprint density at radius 2 is 1.61 bits per heavy atom. The van der Waals surface area contributed by atoms with Gasteiger partial charge >= 0.3 is 0 Å². The molecule has 0 spiro atoms. The molecule has 0 heterocycles. The van der Waals surface area contributed by atoms with Crippen LogP contribution in [0.1, 0.15) is 33.3 Å². The molecule has 9 heteroatoms. The highest BCUT2D eigenvalue weighted by molar-refractivity contribution is 7.89. The number of halogens is 1. The molecular weight excluding hydrogens is 462 g/mol. The fourth-order valence-electron chi connectivity index (χ4n) is 3.20. The van der Waals surface area contributed by atoms with Crippen molar-refractivity contribution in [2.75, 3.05) is 20.1 Å². The van der Waals surface area contributed by atoms with E-state index in [0.717, 1.165) is 9.87 Å². The van der Waals surface area contributed by atoms with Gasteiger partial charge in [0.2, 0.25) is 21.8 Å². The molecule has 7 nitrogen and oxygen atoms in total. The van der Waals surface area contributed by atoms with E-state index in [4.69, 9.17) is 11.6 Å². The molecule has 0 unspecified atom stereocenters. The van der Waals surface area contributed by atoms with Crippen molar-refractivity contribution in [3.8, 4) is 0 Å². The molecule has 2 aromatic carbocycles. The van der Waals surface area contributed by atoms with Gasteiger partial charge in [0.05, 0.1) is 11.4 Å². The highest BCUT2D eigenvalue weighted by Crippen LogP contribution is 2.18. The van der Waals surface area contributed by atoms with Crippen molar-refractivity contribution in [1.82, 2.24) is 14.5 Å². The van der Waals surface area contributed by atoms with E-state index in [9.17, 15) is 18.0 Å². The van der Waals surface area contributed by atoms with E-state index in [1.54, 1.807) is 6.92 Å². The number of hydrogen-bond donors (Lipinski definition) is 1. The van der Waals surface area contributed by atoms with Gasteiger partial charge in [0.25, 0.3) is 0 Å². The van der Waals surface area contributed by atoms with Gasteiger partial charge in [-0.1, -0.05) is 41.9 Å². The highest BCUT2D eigenvalue weighted by atomic mass is 35.5. The maximum Gasteiger partial charge on any atom is 0.243 e. The maximum atomic E-state index is 13.2. The lowest BCUT2D eigenvalue weighted by Crippen LogP contribution is -2.54. The first kappa shape index (κ1) is 26.8. The molecule has 2 rings (SSSR count). The second-order valence-corrected chi connectivity index (χ2v) is 11.4. The molecule has 0 radical (unpaired) electrons. The summed E-state index contributed by atoms with van der Waals surface area (Å²) in [5, 5.41) is 3.31. The Balaban J connectivity index is 2.22. The van der Waals surface area contributed by atoms with E-state index in [0.29, 0.717) is 11.4 Å². The van der Waals surface area contributed by atoms with Gasteiger partial charge in [0, 0.05) is 24.2 Å². The summed E-state index contributed by atoms with van der Waals surface area (Å²) in [6, 6.07) is 14.6. The first-order valence-corrected chi connectivity index (χ1v) is 12.5. The molecule has 180 valence electrons. The van der Waals surface area contributed by atoms with E-state index < -0.39 is 34.1 Å². The monoisotopic (exact) mass is 493 g/mol. The minimum atomic E-state index is -3.90. The summed E-state index contributed by atoms with van der Waals surface area (Å²) < 4.78 is 26.8. The molecule has 1 atom stereocenters. The van der Waals surface area contributed by atoms with Crippen LogP contribution in [0.2, 0.25) is 5.02 Å². The zero-order valence-corrected chi connectivity index (χ0v) is 21.3. The van der Waals surface area contributed by atoms with Crippen LogP contribution in [0.15, 0.2) is 59.5 Å². The van der Waals surface area contributed by atoms with Gasteiger partial charge in [0.15, 0.2) is 0 Å². The SMILES string of the molecule is C[C@H](C(=O)NC(C)(C)C)N(CCc1ccccc1)C(=O)CN(C)S(=O)(=O)c1ccc(Cl)cc1. The van der Waals surface area contributed by atoms with E-state index >= 15 is 0 Å². The third kappa shape index (κ3) is 7.84. The van der Waals surface area contributed by atoms with Crippen LogP contribution in [0.3, 0.4) is 0 Å². The van der Waals surface area contributed by atoms with Crippen LogP contribution in [0.25, 0.3) is 0 Å². The molecule has 0 saturated carbocycles. The first-order valence-electron chi connectivity index (χ1n) is 10.7. The second-order valence-electron chi connectivity index (χ2n) is 8.95. The second kappa shape index (κ2) is 11.1. The van der Waals surface area contributed by atoms with Crippen molar-refractivity contribution in [1.29, 1.82) is 0 Å². The topological polar surface area (TPSA) is 86.8 Å². The molecule has 0 aliphatic rings. The molecule has 0 fully saturated rings. The summed E-state index contributed by atoms with van der Waals surface area (Å²) in [4.78, 5) is 27.5. The lowest BCUT2D eigenvalue weighted by atomic mass is 10.1. The van der Waals surface area contributed by atoms with Crippen LogP contribution >= 0.6 is 11.6 Å². The predicted molar refractivity (Wildman–Crippen MR) is 130 cm³/mol. The number of carbonyl (C=O) groups is 2. The number of benzene rings is 2.